The van der Waals surface area contributed by atoms with Crippen molar-refractivity contribution in [1.82, 2.24) is 4.98 Å². The number of benzene rings is 1. The van der Waals surface area contributed by atoms with Gasteiger partial charge in [0.25, 0.3) is 0 Å². The Labute approximate surface area is 120 Å². The number of rotatable bonds is 4. The number of pyridine rings is 1. The van der Waals surface area contributed by atoms with Crippen LogP contribution in [0.2, 0.25) is 0 Å². The fourth-order valence-corrected chi connectivity index (χ4v) is 2.64. The molecule has 4 heteroatoms. The third kappa shape index (κ3) is 3.13. The van der Waals surface area contributed by atoms with Gasteiger partial charge in [0, 0.05) is 28.9 Å². The van der Waals surface area contributed by atoms with Crippen molar-refractivity contribution in [3.63, 3.8) is 0 Å². The number of methoxy groups -OCH3 is 1. The highest BCUT2D eigenvalue weighted by Crippen LogP contribution is 2.39. The molecule has 0 fully saturated rings. The largest absolute Gasteiger partial charge is 0.497 e. The minimum absolute atomic E-state index is 0.0965. The standard InChI is InChI=1S/C15H15BrFNO/c1-10(11-5-7-18-8-6-11)15(16)13-4-3-12(19-2)9-14(13)17/h3-10,15H,1-2H3. The van der Waals surface area contributed by atoms with Gasteiger partial charge in [0.15, 0.2) is 0 Å². The van der Waals surface area contributed by atoms with Crippen LogP contribution in [0, 0.1) is 5.82 Å². The van der Waals surface area contributed by atoms with Crippen LogP contribution in [-0.4, -0.2) is 12.1 Å². The molecule has 2 atom stereocenters. The highest BCUT2D eigenvalue weighted by molar-refractivity contribution is 9.09. The first-order chi connectivity index (χ1) is 9.13. The molecule has 1 heterocycles. The fourth-order valence-electron chi connectivity index (χ4n) is 1.96. The molecule has 0 amide bonds. The first-order valence-electron chi connectivity index (χ1n) is 6.01. The van der Waals surface area contributed by atoms with Crippen molar-refractivity contribution in [3.8, 4) is 5.75 Å². The van der Waals surface area contributed by atoms with E-state index in [-0.39, 0.29) is 16.6 Å². The molecule has 2 unspecified atom stereocenters. The molecule has 2 nitrogen and oxygen atoms in total. The summed E-state index contributed by atoms with van der Waals surface area (Å²) in [4.78, 5) is 3.90. The van der Waals surface area contributed by atoms with Crippen LogP contribution in [0.3, 0.4) is 0 Å². The van der Waals surface area contributed by atoms with Crippen molar-refractivity contribution in [2.24, 2.45) is 0 Å². The molecule has 0 aliphatic rings. The Hall–Kier alpha value is -1.42. The summed E-state index contributed by atoms with van der Waals surface area (Å²) in [5.41, 5.74) is 1.75. The summed E-state index contributed by atoms with van der Waals surface area (Å²) in [5, 5.41) is 0. The number of hydrogen-bond acceptors (Lipinski definition) is 2. The van der Waals surface area contributed by atoms with Crippen molar-refractivity contribution >= 4 is 15.9 Å². The molecule has 0 N–H and O–H groups in total. The average molecular weight is 324 g/mol. The first kappa shape index (κ1) is 14.0. The first-order valence-corrected chi connectivity index (χ1v) is 6.92. The van der Waals surface area contributed by atoms with E-state index in [1.807, 2.05) is 12.1 Å². The lowest BCUT2D eigenvalue weighted by Crippen LogP contribution is -2.04. The van der Waals surface area contributed by atoms with E-state index in [4.69, 9.17) is 4.74 Å². The van der Waals surface area contributed by atoms with Crippen LogP contribution in [0.15, 0.2) is 42.7 Å². The maximum absolute atomic E-state index is 14.0. The second kappa shape index (κ2) is 6.15. The SMILES string of the molecule is COc1ccc(C(Br)C(C)c2ccncc2)c(F)c1. The van der Waals surface area contributed by atoms with E-state index in [1.54, 1.807) is 24.5 Å². The average Bonchev–Trinajstić information content (AvgIpc) is 2.46. The number of nitrogens with zero attached hydrogens (tertiary/aromatic N) is 1. The van der Waals surface area contributed by atoms with Gasteiger partial charge < -0.3 is 4.74 Å². The predicted octanol–water partition coefficient (Wildman–Crippen LogP) is 4.47. The molecule has 0 radical (unpaired) electrons. The molecule has 2 rings (SSSR count). The molecule has 0 saturated carbocycles. The topological polar surface area (TPSA) is 22.1 Å². The van der Waals surface area contributed by atoms with Gasteiger partial charge in [0.2, 0.25) is 0 Å². The van der Waals surface area contributed by atoms with Gasteiger partial charge in [0.05, 0.1) is 7.11 Å². The van der Waals surface area contributed by atoms with Gasteiger partial charge in [-0.2, -0.15) is 0 Å². The van der Waals surface area contributed by atoms with Gasteiger partial charge in [-0.1, -0.05) is 28.9 Å². The Balaban J connectivity index is 2.26. The second-order valence-electron chi connectivity index (χ2n) is 4.36. The highest BCUT2D eigenvalue weighted by Gasteiger charge is 2.21. The number of alkyl halides is 1. The van der Waals surface area contributed by atoms with Crippen LogP contribution >= 0.6 is 15.9 Å². The Morgan fingerprint density at radius 2 is 1.89 bits per heavy atom. The lowest BCUT2D eigenvalue weighted by Gasteiger charge is -2.20. The van der Waals surface area contributed by atoms with Crippen LogP contribution in [0.1, 0.15) is 28.8 Å². The van der Waals surface area contributed by atoms with Crippen LogP contribution in [0.5, 0.6) is 5.75 Å². The van der Waals surface area contributed by atoms with Gasteiger partial charge >= 0.3 is 0 Å². The van der Waals surface area contributed by atoms with E-state index in [0.29, 0.717) is 11.3 Å². The minimum atomic E-state index is -0.262. The normalized spacial score (nSPS) is 13.9. The van der Waals surface area contributed by atoms with Gasteiger partial charge in [-0.25, -0.2) is 4.39 Å². The van der Waals surface area contributed by atoms with E-state index in [0.717, 1.165) is 5.56 Å². The smallest absolute Gasteiger partial charge is 0.131 e. The summed E-state index contributed by atoms with van der Waals surface area (Å²) in [6, 6.07) is 8.82. The molecule has 0 bridgehead atoms. The van der Waals surface area contributed by atoms with E-state index >= 15 is 0 Å². The van der Waals surface area contributed by atoms with Crippen LogP contribution < -0.4 is 4.74 Å². The zero-order valence-corrected chi connectivity index (χ0v) is 12.4. The molecule has 0 spiro atoms. The Kier molecular flexibility index (Phi) is 4.53. The van der Waals surface area contributed by atoms with Crippen LogP contribution in [-0.2, 0) is 0 Å². The van der Waals surface area contributed by atoms with Gasteiger partial charge in [-0.15, -0.1) is 0 Å². The van der Waals surface area contributed by atoms with Crippen molar-refractivity contribution in [3.05, 3.63) is 59.7 Å². The molecule has 0 aliphatic carbocycles. The zero-order valence-electron chi connectivity index (χ0n) is 10.8. The summed E-state index contributed by atoms with van der Waals surface area (Å²) < 4.78 is 19.1. The summed E-state index contributed by atoms with van der Waals surface area (Å²) in [5.74, 6) is 0.408. The number of aromatic nitrogens is 1. The summed E-state index contributed by atoms with van der Waals surface area (Å²) >= 11 is 3.58. The number of hydrogen-bond donors (Lipinski definition) is 0. The molecule has 19 heavy (non-hydrogen) atoms. The lowest BCUT2D eigenvalue weighted by molar-refractivity contribution is 0.410. The molecule has 1 aromatic heterocycles. The Morgan fingerprint density at radius 3 is 2.47 bits per heavy atom. The zero-order chi connectivity index (χ0) is 13.8. The van der Waals surface area contributed by atoms with Crippen molar-refractivity contribution in [2.75, 3.05) is 7.11 Å². The lowest BCUT2D eigenvalue weighted by atomic mass is 9.94. The summed E-state index contributed by atoms with van der Waals surface area (Å²) in [6.45, 7) is 2.05. The minimum Gasteiger partial charge on any atom is -0.497 e. The van der Waals surface area contributed by atoms with Crippen molar-refractivity contribution in [2.45, 2.75) is 17.7 Å². The van der Waals surface area contributed by atoms with Crippen molar-refractivity contribution in [1.29, 1.82) is 0 Å². The van der Waals surface area contributed by atoms with E-state index in [1.165, 1.54) is 13.2 Å². The van der Waals surface area contributed by atoms with Crippen molar-refractivity contribution < 1.29 is 9.13 Å². The van der Waals surface area contributed by atoms with Crippen LogP contribution in [0.25, 0.3) is 0 Å². The van der Waals surface area contributed by atoms with E-state index in [9.17, 15) is 4.39 Å². The monoisotopic (exact) mass is 323 g/mol. The fraction of sp³-hybridized carbons (Fsp3) is 0.267. The van der Waals surface area contributed by atoms with Crippen LogP contribution in [0.4, 0.5) is 4.39 Å². The van der Waals surface area contributed by atoms with E-state index in [2.05, 4.69) is 27.8 Å². The van der Waals surface area contributed by atoms with Gasteiger partial charge in [-0.05, 0) is 29.7 Å². The molecule has 0 aliphatic heterocycles. The predicted molar refractivity (Wildman–Crippen MR) is 77.3 cm³/mol. The number of ether oxygens (including phenoxy) is 1. The maximum Gasteiger partial charge on any atom is 0.131 e. The molecule has 1 aromatic carbocycles. The third-order valence-electron chi connectivity index (χ3n) is 3.18. The molecular formula is C15H15BrFNO. The number of halogens is 2. The summed E-state index contributed by atoms with van der Waals surface area (Å²) in [7, 11) is 1.53. The highest BCUT2D eigenvalue weighted by atomic mass is 79.9. The Bertz CT molecular complexity index is 547. The maximum atomic E-state index is 14.0. The quantitative estimate of drug-likeness (QED) is 0.774. The molecular weight excluding hydrogens is 309 g/mol. The van der Waals surface area contributed by atoms with Gasteiger partial charge in [0.1, 0.15) is 11.6 Å². The van der Waals surface area contributed by atoms with Gasteiger partial charge in [-0.3, -0.25) is 4.98 Å². The molecule has 0 saturated heterocycles. The second-order valence-corrected chi connectivity index (χ2v) is 5.34. The molecule has 2 aromatic rings. The third-order valence-corrected chi connectivity index (χ3v) is 4.46. The molecule has 100 valence electrons. The Morgan fingerprint density at radius 1 is 1.21 bits per heavy atom. The summed E-state index contributed by atoms with van der Waals surface area (Å²) in [6.07, 6.45) is 3.49. The van der Waals surface area contributed by atoms with E-state index < -0.39 is 0 Å².